The van der Waals surface area contributed by atoms with E-state index in [1.807, 2.05) is 12.2 Å². The predicted molar refractivity (Wildman–Crippen MR) is 85.6 cm³/mol. The highest BCUT2D eigenvalue weighted by Crippen LogP contribution is 2.21. The van der Waals surface area contributed by atoms with Crippen LogP contribution in [0.4, 0.5) is 5.69 Å². The van der Waals surface area contributed by atoms with Crippen molar-refractivity contribution in [3.05, 3.63) is 36.4 Å². The largest absolute Gasteiger partial charge is 0.456 e. The maximum Gasteiger partial charge on any atom is 0.306 e. The number of para-hydroxylation sites is 1. The van der Waals surface area contributed by atoms with Crippen molar-refractivity contribution in [1.29, 1.82) is 0 Å². The third kappa shape index (κ3) is 5.21. The second kappa shape index (κ2) is 7.41. The van der Waals surface area contributed by atoms with Gasteiger partial charge < -0.3 is 10.1 Å². The van der Waals surface area contributed by atoms with Crippen LogP contribution in [0.2, 0.25) is 0 Å². The van der Waals surface area contributed by atoms with Crippen LogP contribution >= 0.6 is 0 Å². The average molecular weight is 337 g/mol. The van der Waals surface area contributed by atoms with E-state index in [0.717, 1.165) is 19.1 Å². The molecule has 7 heteroatoms. The quantitative estimate of drug-likeness (QED) is 0.633. The molecule has 2 rings (SSSR count). The fourth-order valence-electron chi connectivity index (χ4n) is 2.36. The van der Waals surface area contributed by atoms with Crippen LogP contribution < -0.4 is 5.32 Å². The molecule has 23 heavy (non-hydrogen) atoms. The highest BCUT2D eigenvalue weighted by molar-refractivity contribution is 7.90. The summed E-state index contributed by atoms with van der Waals surface area (Å²) in [7, 11) is -3.46. The minimum absolute atomic E-state index is 0.0239. The molecule has 124 valence electrons. The van der Waals surface area contributed by atoms with Crippen LogP contribution in [0, 0.1) is 5.92 Å². The molecule has 0 aliphatic heterocycles. The molecule has 0 unspecified atom stereocenters. The third-order valence-electron chi connectivity index (χ3n) is 3.47. The topological polar surface area (TPSA) is 89.5 Å². The van der Waals surface area contributed by atoms with Crippen molar-refractivity contribution in [3.8, 4) is 0 Å². The molecule has 1 amide bonds. The summed E-state index contributed by atoms with van der Waals surface area (Å²) < 4.78 is 28.2. The molecular formula is C16H19NO5S. The van der Waals surface area contributed by atoms with Crippen molar-refractivity contribution in [2.75, 3.05) is 18.2 Å². The number of ether oxygens (including phenoxy) is 1. The van der Waals surface area contributed by atoms with Crippen LogP contribution in [-0.2, 0) is 24.2 Å². The van der Waals surface area contributed by atoms with Gasteiger partial charge >= 0.3 is 5.97 Å². The van der Waals surface area contributed by atoms with Crippen LogP contribution in [0.5, 0.6) is 0 Å². The van der Waals surface area contributed by atoms with Gasteiger partial charge in [0, 0.05) is 6.26 Å². The Labute approximate surface area is 135 Å². The van der Waals surface area contributed by atoms with Gasteiger partial charge in [0.2, 0.25) is 0 Å². The van der Waals surface area contributed by atoms with Gasteiger partial charge in [-0.05, 0) is 30.9 Å². The first-order valence-electron chi connectivity index (χ1n) is 7.27. The molecule has 0 aromatic heterocycles. The summed E-state index contributed by atoms with van der Waals surface area (Å²) in [4.78, 5) is 23.5. The summed E-state index contributed by atoms with van der Waals surface area (Å²) in [5.41, 5.74) is 0.176. The number of benzene rings is 1. The molecular weight excluding hydrogens is 318 g/mol. The molecule has 0 heterocycles. The first-order valence-corrected chi connectivity index (χ1v) is 9.16. The smallest absolute Gasteiger partial charge is 0.306 e. The molecule has 1 N–H and O–H groups in total. The SMILES string of the molecule is CS(=O)(=O)c1ccccc1NC(=O)COC(=O)C[C@@H]1C=CCC1. The molecule has 0 fully saturated rings. The predicted octanol–water partition coefficient (Wildman–Crippen LogP) is 1.93. The summed E-state index contributed by atoms with van der Waals surface area (Å²) in [5.74, 6) is -0.832. The van der Waals surface area contributed by atoms with E-state index in [-0.39, 0.29) is 22.9 Å². The van der Waals surface area contributed by atoms with Crippen LogP contribution in [0.1, 0.15) is 19.3 Å². The highest BCUT2D eigenvalue weighted by Gasteiger charge is 2.17. The molecule has 1 atom stereocenters. The Morgan fingerprint density at radius 1 is 1.30 bits per heavy atom. The molecule has 1 aliphatic rings. The lowest BCUT2D eigenvalue weighted by Crippen LogP contribution is -2.22. The van der Waals surface area contributed by atoms with Gasteiger partial charge in [-0.2, -0.15) is 0 Å². The zero-order valence-corrected chi connectivity index (χ0v) is 13.6. The monoisotopic (exact) mass is 337 g/mol. The number of nitrogens with one attached hydrogen (secondary N) is 1. The van der Waals surface area contributed by atoms with Gasteiger partial charge in [-0.25, -0.2) is 8.42 Å². The van der Waals surface area contributed by atoms with Gasteiger partial charge in [-0.1, -0.05) is 24.3 Å². The van der Waals surface area contributed by atoms with E-state index in [4.69, 9.17) is 4.74 Å². The number of carbonyl (C=O) groups is 2. The van der Waals surface area contributed by atoms with E-state index in [9.17, 15) is 18.0 Å². The number of hydrogen-bond donors (Lipinski definition) is 1. The van der Waals surface area contributed by atoms with Gasteiger partial charge in [0.1, 0.15) is 0 Å². The number of anilines is 1. The molecule has 1 aromatic rings. The van der Waals surface area contributed by atoms with Crippen LogP contribution in [0.3, 0.4) is 0 Å². The van der Waals surface area contributed by atoms with Gasteiger partial charge in [-0.3, -0.25) is 9.59 Å². The Morgan fingerprint density at radius 3 is 2.70 bits per heavy atom. The van der Waals surface area contributed by atoms with Crippen molar-refractivity contribution in [2.24, 2.45) is 5.92 Å². The molecule has 6 nitrogen and oxygen atoms in total. The first-order chi connectivity index (χ1) is 10.9. The number of amides is 1. The standard InChI is InChI=1S/C16H19NO5S/c1-23(20,21)14-9-5-4-8-13(14)17-15(18)11-22-16(19)10-12-6-2-3-7-12/h2,4-6,8-9,12H,3,7,10-11H2,1H3,(H,17,18)/t12-/m1/s1. The van der Waals surface area contributed by atoms with Gasteiger partial charge in [0.05, 0.1) is 17.0 Å². The van der Waals surface area contributed by atoms with E-state index in [2.05, 4.69) is 5.32 Å². The zero-order chi connectivity index (χ0) is 16.9. The molecule has 1 aliphatic carbocycles. The lowest BCUT2D eigenvalue weighted by molar-refractivity contribution is -0.147. The Hall–Kier alpha value is -2.15. The normalized spacial score (nSPS) is 17.0. The Bertz CT molecular complexity index is 724. The Kier molecular flexibility index (Phi) is 5.54. The van der Waals surface area contributed by atoms with Crippen LogP contribution in [0.15, 0.2) is 41.3 Å². The van der Waals surface area contributed by atoms with Crippen LogP contribution in [-0.4, -0.2) is 33.2 Å². The van der Waals surface area contributed by atoms with Crippen molar-refractivity contribution < 1.29 is 22.7 Å². The van der Waals surface area contributed by atoms with Gasteiger partial charge in [0.25, 0.3) is 5.91 Å². The molecule has 0 radical (unpaired) electrons. The van der Waals surface area contributed by atoms with E-state index in [1.165, 1.54) is 12.1 Å². The van der Waals surface area contributed by atoms with Gasteiger partial charge in [-0.15, -0.1) is 0 Å². The Morgan fingerprint density at radius 2 is 2.04 bits per heavy atom. The molecule has 0 saturated heterocycles. The highest BCUT2D eigenvalue weighted by atomic mass is 32.2. The number of allylic oxidation sites excluding steroid dienone is 2. The second-order valence-corrected chi connectivity index (χ2v) is 7.43. The summed E-state index contributed by atoms with van der Waals surface area (Å²) >= 11 is 0. The van der Waals surface area contributed by atoms with Crippen molar-refractivity contribution in [1.82, 2.24) is 0 Å². The summed E-state index contributed by atoms with van der Waals surface area (Å²) in [6.07, 6.45) is 7.19. The second-order valence-electron chi connectivity index (χ2n) is 5.45. The average Bonchev–Trinajstić information content (AvgIpc) is 2.97. The molecule has 0 saturated carbocycles. The maximum atomic E-state index is 11.8. The first kappa shape index (κ1) is 17.2. The van der Waals surface area contributed by atoms with E-state index >= 15 is 0 Å². The summed E-state index contributed by atoms with van der Waals surface area (Å²) in [6.45, 7) is -0.437. The lowest BCUT2D eigenvalue weighted by Gasteiger charge is -2.11. The maximum absolute atomic E-state index is 11.8. The van der Waals surface area contributed by atoms with Gasteiger partial charge in [0.15, 0.2) is 16.4 Å². The zero-order valence-electron chi connectivity index (χ0n) is 12.8. The third-order valence-corrected chi connectivity index (χ3v) is 4.62. The number of sulfone groups is 1. The molecule has 1 aromatic carbocycles. The number of hydrogen-bond acceptors (Lipinski definition) is 5. The van der Waals surface area contributed by atoms with E-state index in [0.29, 0.717) is 0 Å². The van der Waals surface area contributed by atoms with Crippen molar-refractivity contribution >= 4 is 27.4 Å². The molecule has 0 spiro atoms. The number of carbonyl (C=O) groups excluding carboxylic acids is 2. The summed E-state index contributed by atoms with van der Waals surface area (Å²) in [5, 5.41) is 2.46. The van der Waals surface area contributed by atoms with E-state index in [1.54, 1.807) is 12.1 Å². The van der Waals surface area contributed by atoms with Crippen molar-refractivity contribution in [3.63, 3.8) is 0 Å². The summed E-state index contributed by atoms with van der Waals surface area (Å²) in [6, 6.07) is 6.08. The fraction of sp³-hybridized carbons (Fsp3) is 0.375. The number of rotatable bonds is 6. The minimum atomic E-state index is -3.46. The van der Waals surface area contributed by atoms with E-state index < -0.39 is 28.3 Å². The van der Waals surface area contributed by atoms with Crippen LogP contribution in [0.25, 0.3) is 0 Å². The lowest BCUT2D eigenvalue weighted by atomic mass is 10.1. The minimum Gasteiger partial charge on any atom is -0.456 e. The fourth-order valence-corrected chi connectivity index (χ4v) is 3.21. The number of esters is 1. The van der Waals surface area contributed by atoms with Crippen molar-refractivity contribution in [2.45, 2.75) is 24.2 Å². The Balaban J connectivity index is 1.88. The molecule has 0 bridgehead atoms.